The minimum Gasteiger partial charge on any atom is -0.425 e. The largest absolute Gasteiger partial charge is 0.425 e. The number of carbonyl (C=O) groups excluding carboxylic acids is 2. The van der Waals surface area contributed by atoms with Gasteiger partial charge in [-0.3, -0.25) is 4.79 Å². The van der Waals surface area contributed by atoms with Crippen LogP contribution in [0.5, 0.6) is 5.75 Å². The monoisotopic (exact) mass is 296 g/mol. The maximum atomic E-state index is 12.2. The SMILES string of the molecule is CC(=O)N[C@H](C(=O)Oc1ccccc1)C(C)(C)SN=O. The molecule has 1 atom stereocenters. The number of hydrogen-bond donors (Lipinski definition) is 1. The van der Waals surface area contributed by atoms with E-state index in [2.05, 4.69) is 9.90 Å². The molecule has 1 aromatic rings. The summed E-state index contributed by atoms with van der Waals surface area (Å²) in [5.41, 5.74) is 0. The average molecular weight is 296 g/mol. The Labute approximate surface area is 121 Å². The Balaban J connectivity index is 2.90. The van der Waals surface area contributed by atoms with E-state index < -0.39 is 16.8 Å². The molecule has 6 nitrogen and oxygen atoms in total. The third kappa shape index (κ3) is 4.65. The zero-order chi connectivity index (χ0) is 15.2. The van der Waals surface area contributed by atoms with Gasteiger partial charge in [0.25, 0.3) is 0 Å². The van der Waals surface area contributed by atoms with Crippen LogP contribution < -0.4 is 10.1 Å². The second kappa shape index (κ2) is 7.04. The lowest BCUT2D eigenvalue weighted by Gasteiger charge is -2.29. The number of nitrogens with one attached hydrogen (secondary N) is 1. The molecule has 0 aliphatic carbocycles. The molecular weight excluding hydrogens is 280 g/mol. The summed E-state index contributed by atoms with van der Waals surface area (Å²) < 4.78 is 7.01. The molecule has 0 aliphatic heterocycles. The van der Waals surface area contributed by atoms with Crippen LogP contribution in [-0.2, 0) is 9.59 Å². The molecule has 1 rings (SSSR count). The molecule has 0 aromatic heterocycles. The van der Waals surface area contributed by atoms with E-state index in [4.69, 9.17) is 4.74 Å². The maximum absolute atomic E-state index is 12.2. The van der Waals surface area contributed by atoms with Gasteiger partial charge < -0.3 is 10.1 Å². The first kappa shape index (κ1) is 16.2. The number of nitrogens with zero attached hydrogens (tertiary/aromatic N) is 1. The van der Waals surface area contributed by atoms with E-state index in [9.17, 15) is 14.5 Å². The molecule has 0 bridgehead atoms. The fourth-order valence-electron chi connectivity index (χ4n) is 1.53. The van der Waals surface area contributed by atoms with Crippen molar-refractivity contribution < 1.29 is 14.3 Å². The zero-order valence-electron chi connectivity index (χ0n) is 11.5. The summed E-state index contributed by atoms with van der Waals surface area (Å²) in [5, 5.41) is 2.49. The molecule has 0 saturated heterocycles. The number of nitroso groups, excluding NO2 is 1. The van der Waals surface area contributed by atoms with Crippen LogP contribution in [0, 0.1) is 4.91 Å². The van der Waals surface area contributed by atoms with Gasteiger partial charge in [-0.2, -0.15) is 0 Å². The standard InChI is InChI=1S/C13H16N2O4S/c1-9(16)14-11(13(2,3)20-15-18)12(17)19-10-7-5-4-6-8-10/h4-8,11H,1-3H3,(H,14,16)/t11-/m1/s1. The van der Waals surface area contributed by atoms with E-state index in [1.165, 1.54) is 6.92 Å². The quantitative estimate of drug-likeness (QED) is 0.377. The summed E-state index contributed by atoms with van der Waals surface area (Å²) in [6.45, 7) is 4.55. The van der Waals surface area contributed by atoms with Crippen LogP contribution in [0.2, 0.25) is 0 Å². The Morgan fingerprint density at radius 3 is 2.40 bits per heavy atom. The normalized spacial score (nSPS) is 12.3. The summed E-state index contributed by atoms with van der Waals surface area (Å²) in [7, 11) is 0. The van der Waals surface area contributed by atoms with Crippen molar-refractivity contribution in [2.75, 3.05) is 0 Å². The average Bonchev–Trinajstić information content (AvgIpc) is 2.36. The Bertz CT molecular complexity index is 490. The lowest BCUT2D eigenvalue weighted by Crippen LogP contribution is -2.53. The molecule has 108 valence electrons. The number of hydrogen-bond acceptors (Lipinski definition) is 6. The highest BCUT2D eigenvalue weighted by Crippen LogP contribution is 2.30. The lowest BCUT2D eigenvalue weighted by molar-refractivity contribution is -0.139. The molecule has 0 radical (unpaired) electrons. The van der Waals surface area contributed by atoms with Crippen LogP contribution >= 0.6 is 11.9 Å². The van der Waals surface area contributed by atoms with Crippen molar-refractivity contribution >= 4 is 23.8 Å². The number of amides is 1. The predicted molar refractivity (Wildman–Crippen MR) is 77.1 cm³/mol. The fraction of sp³-hybridized carbons (Fsp3) is 0.385. The summed E-state index contributed by atoms with van der Waals surface area (Å²) >= 11 is 0.676. The van der Waals surface area contributed by atoms with Gasteiger partial charge in [-0.05, 0) is 26.0 Å². The number of ether oxygens (including phenoxy) is 1. The Morgan fingerprint density at radius 1 is 1.30 bits per heavy atom. The molecule has 0 aliphatic rings. The first-order valence-electron chi connectivity index (χ1n) is 5.91. The highest BCUT2D eigenvalue weighted by Gasteiger charge is 2.39. The van der Waals surface area contributed by atoms with Crippen LogP contribution in [-0.4, -0.2) is 22.7 Å². The molecule has 0 heterocycles. The third-order valence-electron chi connectivity index (χ3n) is 2.51. The molecular formula is C13H16N2O4S. The predicted octanol–water partition coefficient (Wildman–Crippen LogP) is 2.29. The highest BCUT2D eigenvalue weighted by atomic mass is 32.2. The molecule has 0 saturated carbocycles. The van der Waals surface area contributed by atoms with Crippen molar-refractivity contribution in [2.45, 2.75) is 31.6 Å². The van der Waals surface area contributed by atoms with Crippen molar-refractivity contribution in [1.29, 1.82) is 0 Å². The van der Waals surface area contributed by atoms with Crippen LogP contribution in [0.25, 0.3) is 0 Å². The molecule has 1 aromatic carbocycles. The summed E-state index contributed by atoms with van der Waals surface area (Å²) in [4.78, 5) is 33.8. The van der Waals surface area contributed by atoms with Crippen molar-refractivity contribution in [1.82, 2.24) is 5.32 Å². The molecule has 0 fully saturated rings. The Morgan fingerprint density at radius 2 is 1.90 bits per heavy atom. The van der Waals surface area contributed by atoms with E-state index in [0.717, 1.165) is 0 Å². The zero-order valence-corrected chi connectivity index (χ0v) is 12.3. The van der Waals surface area contributed by atoms with Gasteiger partial charge in [-0.1, -0.05) is 18.2 Å². The molecule has 7 heteroatoms. The minimum atomic E-state index is -0.983. The van der Waals surface area contributed by atoms with E-state index in [1.807, 2.05) is 0 Å². The Hall–Kier alpha value is -1.89. The summed E-state index contributed by atoms with van der Waals surface area (Å²) in [6.07, 6.45) is 0. The van der Waals surface area contributed by atoms with Crippen molar-refractivity contribution in [3.8, 4) is 5.75 Å². The van der Waals surface area contributed by atoms with Crippen molar-refractivity contribution in [2.24, 2.45) is 4.58 Å². The van der Waals surface area contributed by atoms with Crippen LogP contribution in [0.3, 0.4) is 0 Å². The van der Waals surface area contributed by atoms with Crippen LogP contribution in [0.15, 0.2) is 34.9 Å². The van der Waals surface area contributed by atoms with Gasteiger partial charge in [-0.15, -0.1) is 4.91 Å². The molecule has 1 amide bonds. The Kier molecular flexibility index (Phi) is 5.69. The van der Waals surface area contributed by atoms with Crippen LogP contribution in [0.1, 0.15) is 20.8 Å². The van der Waals surface area contributed by atoms with Crippen molar-refractivity contribution in [3.05, 3.63) is 35.2 Å². The smallest absolute Gasteiger partial charge is 0.335 e. The summed E-state index contributed by atoms with van der Waals surface area (Å²) in [5.74, 6) is -0.667. The van der Waals surface area contributed by atoms with Gasteiger partial charge >= 0.3 is 5.97 Å². The maximum Gasteiger partial charge on any atom is 0.335 e. The van der Waals surface area contributed by atoms with E-state index in [1.54, 1.807) is 44.2 Å². The van der Waals surface area contributed by atoms with Crippen LogP contribution in [0.4, 0.5) is 0 Å². The summed E-state index contributed by atoms with van der Waals surface area (Å²) in [6, 6.07) is 7.51. The molecule has 0 unspecified atom stereocenters. The van der Waals surface area contributed by atoms with Gasteiger partial charge in [0, 0.05) is 23.5 Å². The number of esters is 1. The van der Waals surface area contributed by atoms with Gasteiger partial charge in [-0.25, -0.2) is 4.79 Å². The number of carbonyl (C=O) groups is 2. The second-order valence-electron chi connectivity index (χ2n) is 4.64. The first-order valence-corrected chi connectivity index (χ1v) is 6.69. The molecule has 0 spiro atoms. The van der Waals surface area contributed by atoms with Gasteiger partial charge in [0.05, 0.1) is 4.75 Å². The first-order chi connectivity index (χ1) is 9.36. The van der Waals surface area contributed by atoms with Gasteiger partial charge in [0.1, 0.15) is 11.8 Å². The van der Waals surface area contributed by atoms with E-state index in [0.29, 0.717) is 17.7 Å². The number of benzene rings is 1. The van der Waals surface area contributed by atoms with Gasteiger partial charge in [0.15, 0.2) is 0 Å². The number of rotatable bonds is 6. The number of para-hydroxylation sites is 1. The molecule has 20 heavy (non-hydrogen) atoms. The fourth-order valence-corrected chi connectivity index (χ4v) is 1.98. The van der Waals surface area contributed by atoms with E-state index in [-0.39, 0.29) is 5.91 Å². The van der Waals surface area contributed by atoms with Gasteiger partial charge in [0.2, 0.25) is 5.91 Å². The third-order valence-corrected chi connectivity index (χ3v) is 3.29. The molecule has 1 N–H and O–H groups in total. The minimum absolute atomic E-state index is 0.368. The lowest BCUT2D eigenvalue weighted by atomic mass is 10.0. The highest BCUT2D eigenvalue weighted by molar-refractivity contribution is 7.99. The van der Waals surface area contributed by atoms with Crippen molar-refractivity contribution in [3.63, 3.8) is 0 Å². The second-order valence-corrected chi connectivity index (χ2v) is 6.02. The topological polar surface area (TPSA) is 84.8 Å². The van der Waals surface area contributed by atoms with E-state index >= 15 is 0 Å².